The van der Waals surface area contributed by atoms with E-state index < -0.39 is 5.97 Å². The Labute approximate surface area is 122 Å². The lowest BCUT2D eigenvalue weighted by molar-refractivity contribution is -0.136. The van der Waals surface area contributed by atoms with Crippen LogP contribution >= 0.6 is 11.8 Å². The number of hydrogen-bond donors (Lipinski definition) is 1. The Morgan fingerprint density at radius 1 is 1.35 bits per heavy atom. The van der Waals surface area contributed by atoms with E-state index in [9.17, 15) is 4.79 Å². The summed E-state index contributed by atoms with van der Waals surface area (Å²) in [5.74, 6) is 0.881. The average molecular weight is 291 g/mol. The molecule has 0 unspecified atom stereocenters. The summed E-state index contributed by atoms with van der Waals surface area (Å²) in [5.41, 5.74) is 0.812. The van der Waals surface area contributed by atoms with E-state index in [-0.39, 0.29) is 6.42 Å². The van der Waals surface area contributed by atoms with Gasteiger partial charge in [0, 0.05) is 10.9 Å². The van der Waals surface area contributed by atoms with E-state index in [4.69, 9.17) is 5.11 Å². The van der Waals surface area contributed by atoms with Crippen LogP contribution in [0.15, 0.2) is 35.5 Å². The number of carbonyl (C=O) groups is 1. The van der Waals surface area contributed by atoms with Crippen LogP contribution in [0.25, 0.3) is 0 Å². The van der Waals surface area contributed by atoms with E-state index in [1.807, 2.05) is 28.9 Å². The van der Waals surface area contributed by atoms with Crippen molar-refractivity contribution in [1.29, 1.82) is 0 Å². The third kappa shape index (κ3) is 3.84. The molecule has 0 atom stereocenters. The molecule has 0 saturated carbocycles. The molecule has 0 fully saturated rings. The molecule has 6 heteroatoms. The summed E-state index contributed by atoms with van der Waals surface area (Å²) in [5, 5.41) is 12.9. The first-order valence-corrected chi connectivity index (χ1v) is 7.36. The summed E-state index contributed by atoms with van der Waals surface area (Å²) in [6.07, 6.45) is 1.64. The van der Waals surface area contributed by atoms with Gasteiger partial charge in [-0.05, 0) is 31.5 Å². The predicted octanol–water partition coefficient (Wildman–Crippen LogP) is 2.78. The van der Waals surface area contributed by atoms with Gasteiger partial charge >= 0.3 is 5.97 Å². The number of nitrogens with zero attached hydrogens (tertiary/aromatic N) is 3. The fraction of sp³-hybridized carbons (Fsp3) is 0.357. The van der Waals surface area contributed by atoms with Gasteiger partial charge in [-0.25, -0.2) is 9.67 Å². The quantitative estimate of drug-likeness (QED) is 0.829. The average Bonchev–Trinajstić information content (AvgIpc) is 2.86. The zero-order valence-corrected chi connectivity index (χ0v) is 12.3. The van der Waals surface area contributed by atoms with E-state index >= 15 is 0 Å². The Kier molecular flexibility index (Phi) is 4.79. The van der Waals surface area contributed by atoms with Crippen LogP contribution in [-0.4, -0.2) is 25.8 Å². The fourth-order valence-electron chi connectivity index (χ4n) is 1.83. The van der Waals surface area contributed by atoms with Crippen LogP contribution in [0.3, 0.4) is 0 Å². The van der Waals surface area contributed by atoms with Gasteiger partial charge in [-0.15, -0.1) is 11.8 Å². The minimum atomic E-state index is -0.810. The van der Waals surface area contributed by atoms with E-state index in [1.165, 1.54) is 0 Å². The summed E-state index contributed by atoms with van der Waals surface area (Å²) in [6.45, 7) is 4.15. The van der Waals surface area contributed by atoms with Crippen molar-refractivity contribution in [3.8, 4) is 0 Å². The molecule has 2 aromatic rings. The number of benzene rings is 1. The van der Waals surface area contributed by atoms with Crippen LogP contribution < -0.4 is 0 Å². The molecule has 5 nitrogen and oxygen atoms in total. The Morgan fingerprint density at radius 3 is 2.65 bits per heavy atom. The number of carboxylic acid groups (broad SMARTS) is 1. The molecule has 0 aliphatic heterocycles. The summed E-state index contributed by atoms with van der Waals surface area (Å²) >= 11 is 1.67. The number of aliphatic carboxylic acids is 1. The topological polar surface area (TPSA) is 68.0 Å². The highest BCUT2D eigenvalue weighted by atomic mass is 32.2. The first-order chi connectivity index (χ1) is 9.56. The molecule has 0 saturated heterocycles. The zero-order valence-electron chi connectivity index (χ0n) is 11.5. The fourth-order valence-corrected chi connectivity index (χ4v) is 2.67. The van der Waals surface area contributed by atoms with Crippen molar-refractivity contribution < 1.29 is 9.90 Å². The van der Waals surface area contributed by atoms with Crippen molar-refractivity contribution in [3.05, 3.63) is 42.0 Å². The van der Waals surface area contributed by atoms with E-state index in [2.05, 4.69) is 23.9 Å². The van der Waals surface area contributed by atoms with E-state index in [0.717, 1.165) is 22.0 Å². The molecule has 1 heterocycles. The lowest BCUT2D eigenvalue weighted by Crippen LogP contribution is -2.07. The van der Waals surface area contributed by atoms with Crippen LogP contribution in [0.4, 0.5) is 0 Å². The number of thioether (sulfide) groups is 1. The largest absolute Gasteiger partial charge is 0.481 e. The van der Waals surface area contributed by atoms with Gasteiger partial charge in [0.2, 0.25) is 0 Å². The van der Waals surface area contributed by atoms with Crippen molar-refractivity contribution in [3.63, 3.8) is 0 Å². The third-order valence-corrected chi connectivity index (χ3v) is 3.79. The van der Waals surface area contributed by atoms with Crippen molar-refractivity contribution >= 4 is 17.7 Å². The molecule has 0 aliphatic rings. The Bertz CT molecular complexity index is 578. The van der Waals surface area contributed by atoms with Gasteiger partial charge in [-0.3, -0.25) is 4.79 Å². The molecule has 1 aromatic carbocycles. The highest BCUT2D eigenvalue weighted by Crippen LogP contribution is 2.23. The molecule has 106 valence electrons. The normalized spacial score (nSPS) is 10.9. The van der Waals surface area contributed by atoms with Crippen LogP contribution in [0.1, 0.15) is 31.3 Å². The lowest BCUT2D eigenvalue weighted by Gasteiger charge is -2.09. The Balaban J connectivity index is 1.97. The molecule has 2 rings (SSSR count). The van der Waals surface area contributed by atoms with Crippen molar-refractivity contribution in [2.24, 2.45) is 0 Å². The standard InChI is InChI=1S/C14H17N3O2S/c1-10(2)17-13(15-9-16-17)8-20-12-5-3-11(4-6-12)7-14(18)19/h3-6,9-10H,7-8H2,1-2H3,(H,18,19). The second-order valence-corrected chi connectivity index (χ2v) is 5.77. The molecule has 20 heavy (non-hydrogen) atoms. The number of hydrogen-bond acceptors (Lipinski definition) is 4. The molecule has 0 spiro atoms. The third-order valence-electron chi connectivity index (χ3n) is 2.78. The molecule has 0 amide bonds. The van der Waals surface area contributed by atoms with Gasteiger partial charge in [0.25, 0.3) is 0 Å². The smallest absolute Gasteiger partial charge is 0.307 e. The first-order valence-electron chi connectivity index (χ1n) is 6.38. The maximum atomic E-state index is 10.6. The second-order valence-electron chi connectivity index (χ2n) is 4.72. The molecule has 0 aliphatic carbocycles. The van der Waals surface area contributed by atoms with Gasteiger partial charge < -0.3 is 5.11 Å². The minimum Gasteiger partial charge on any atom is -0.481 e. The van der Waals surface area contributed by atoms with Crippen molar-refractivity contribution in [2.75, 3.05) is 0 Å². The monoisotopic (exact) mass is 291 g/mol. The highest BCUT2D eigenvalue weighted by molar-refractivity contribution is 7.98. The first kappa shape index (κ1) is 14.6. The molecule has 1 N–H and O–H groups in total. The molecule has 0 bridgehead atoms. The van der Waals surface area contributed by atoms with E-state index in [0.29, 0.717) is 6.04 Å². The Hall–Kier alpha value is -1.82. The number of aromatic nitrogens is 3. The summed E-state index contributed by atoms with van der Waals surface area (Å²) < 4.78 is 1.91. The van der Waals surface area contributed by atoms with Crippen molar-refractivity contribution in [1.82, 2.24) is 14.8 Å². The van der Waals surface area contributed by atoms with Crippen LogP contribution in [0.5, 0.6) is 0 Å². The van der Waals surface area contributed by atoms with Crippen LogP contribution in [0, 0.1) is 0 Å². The Morgan fingerprint density at radius 2 is 2.05 bits per heavy atom. The van der Waals surface area contributed by atoms with E-state index in [1.54, 1.807) is 18.1 Å². The highest BCUT2D eigenvalue weighted by Gasteiger charge is 2.08. The van der Waals surface area contributed by atoms with Crippen LogP contribution in [0.2, 0.25) is 0 Å². The maximum Gasteiger partial charge on any atom is 0.307 e. The SMILES string of the molecule is CC(C)n1ncnc1CSc1ccc(CC(=O)O)cc1. The zero-order chi connectivity index (χ0) is 14.5. The van der Waals surface area contributed by atoms with Gasteiger partial charge in [0.05, 0.1) is 12.2 Å². The minimum absolute atomic E-state index is 0.0621. The van der Waals surface area contributed by atoms with Crippen molar-refractivity contribution in [2.45, 2.75) is 37.0 Å². The van der Waals surface area contributed by atoms with Gasteiger partial charge in [-0.1, -0.05) is 12.1 Å². The van der Waals surface area contributed by atoms with Gasteiger partial charge in [-0.2, -0.15) is 5.10 Å². The second kappa shape index (κ2) is 6.56. The molecular weight excluding hydrogens is 274 g/mol. The molecular formula is C14H17N3O2S. The van der Waals surface area contributed by atoms with Crippen LogP contribution in [-0.2, 0) is 17.0 Å². The summed E-state index contributed by atoms with van der Waals surface area (Å²) in [6, 6.07) is 7.89. The molecule has 0 radical (unpaired) electrons. The van der Waals surface area contributed by atoms with Gasteiger partial charge in [0.1, 0.15) is 12.2 Å². The van der Waals surface area contributed by atoms with Gasteiger partial charge in [0.15, 0.2) is 0 Å². The number of carboxylic acids is 1. The molecule has 1 aromatic heterocycles. The summed E-state index contributed by atoms with van der Waals surface area (Å²) in [7, 11) is 0. The lowest BCUT2D eigenvalue weighted by atomic mass is 10.2. The number of rotatable bonds is 6. The summed E-state index contributed by atoms with van der Waals surface area (Å²) in [4.78, 5) is 16.0. The maximum absolute atomic E-state index is 10.6. The predicted molar refractivity (Wildman–Crippen MR) is 77.7 cm³/mol.